The molecule has 0 fully saturated rings. The smallest absolute Gasteiger partial charge is 0.147 e. The first-order valence-electron chi connectivity index (χ1n) is 30.4. The Balaban J connectivity index is 0.000000150. The maximum atomic E-state index is 5.69. The number of aryl methyl sites for hydroxylation is 1. The van der Waals surface area contributed by atoms with Crippen molar-refractivity contribution in [3.05, 3.63) is 382 Å². The molecule has 0 saturated carbocycles. The second kappa shape index (κ2) is 36.5. The minimum Gasteiger partial charge on any atom is -0.640 e. The third-order valence-corrected chi connectivity index (χ3v) is 17.1. The quantitative estimate of drug-likeness (QED) is 0.113. The number of hydrogen-bond acceptors (Lipinski definition) is 8. The number of hydrogen-bond donors (Lipinski definition) is 0. The zero-order valence-corrected chi connectivity index (χ0v) is 63.4. The van der Waals surface area contributed by atoms with Gasteiger partial charge in [-0.1, -0.05) is 231 Å². The number of aromatic nitrogens is 4. The third-order valence-electron chi connectivity index (χ3n) is 15.3. The number of ether oxygens (including phenoxy) is 1. The average Bonchev–Trinajstić information content (AvgIpc) is 1.75. The second-order valence-electron chi connectivity index (χ2n) is 21.5. The first-order chi connectivity index (χ1) is 46.0. The Labute approximate surface area is 631 Å². The zero-order valence-electron chi connectivity index (χ0n) is 52.2. The van der Waals surface area contributed by atoms with Crippen molar-refractivity contribution in [1.29, 1.82) is 0 Å². The molecule has 2 aromatic heterocycles. The molecule has 0 saturated heterocycles. The van der Waals surface area contributed by atoms with E-state index in [1.165, 1.54) is 76.9 Å². The number of thioether (sulfide) groups is 1. The molecule has 2 aliphatic heterocycles. The molecular weight excluding hydrogens is 1940 g/mol. The summed E-state index contributed by atoms with van der Waals surface area (Å²) in [5, 5.41) is 4.51. The molecule has 0 atom stereocenters. The molecule has 0 spiro atoms. The van der Waals surface area contributed by atoms with Crippen LogP contribution in [0.1, 0.15) is 11.1 Å². The number of anilines is 2. The zero-order chi connectivity index (χ0) is 62.8. The van der Waals surface area contributed by atoms with E-state index in [-0.39, 0.29) is 80.4 Å². The van der Waals surface area contributed by atoms with E-state index in [9.17, 15) is 0 Å². The fraction of sp³-hybridized carbons (Fsp3) is 0.0119. The van der Waals surface area contributed by atoms with Gasteiger partial charge in [0.1, 0.15) is 11.6 Å². The normalized spacial score (nSPS) is 11.7. The average molecular weight is 2000 g/mol. The van der Waals surface area contributed by atoms with Gasteiger partial charge in [0.05, 0.1) is 5.82 Å². The van der Waals surface area contributed by atoms with Crippen LogP contribution in [0, 0.1) is 36.9 Å². The van der Waals surface area contributed by atoms with E-state index in [1.54, 1.807) is 18.5 Å². The van der Waals surface area contributed by atoms with Crippen molar-refractivity contribution in [1.82, 2.24) is 19.1 Å². The fourth-order valence-corrected chi connectivity index (χ4v) is 12.0. The molecule has 486 valence electrons. The van der Waals surface area contributed by atoms with E-state index in [0.29, 0.717) is 5.82 Å². The van der Waals surface area contributed by atoms with E-state index in [0.717, 1.165) is 50.9 Å². The van der Waals surface area contributed by atoms with Crippen molar-refractivity contribution in [3.8, 4) is 89.0 Å². The van der Waals surface area contributed by atoms with Gasteiger partial charge in [-0.3, -0.25) is 21.4 Å². The Morgan fingerprint density at radius 3 is 1.22 bits per heavy atom. The minimum absolute atomic E-state index is 0. The summed E-state index contributed by atoms with van der Waals surface area (Å²) >= 11 is 3.27. The molecular formula is C84H60Ir4N6OS2-6. The fourth-order valence-electron chi connectivity index (χ4n) is 10.4. The first-order valence-corrected chi connectivity index (χ1v) is 32.1. The van der Waals surface area contributed by atoms with Crippen LogP contribution in [-0.2, 0) is 92.2 Å². The molecule has 12 aromatic carbocycles. The van der Waals surface area contributed by atoms with Crippen LogP contribution in [0.25, 0.3) is 99.6 Å². The minimum atomic E-state index is 0. The van der Waals surface area contributed by atoms with Gasteiger partial charge in [0.15, 0.2) is 0 Å². The van der Waals surface area contributed by atoms with Crippen molar-refractivity contribution in [2.24, 2.45) is 7.05 Å². The van der Waals surface area contributed by atoms with E-state index < -0.39 is 0 Å². The third kappa shape index (κ3) is 19.1. The van der Waals surface area contributed by atoms with Gasteiger partial charge in [0.2, 0.25) is 0 Å². The van der Waals surface area contributed by atoms with Gasteiger partial charge >= 0.3 is 0 Å². The van der Waals surface area contributed by atoms with Crippen LogP contribution in [0.15, 0.2) is 334 Å². The summed E-state index contributed by atoms with van der Waals surface area (Å²) in [6, 6.07) is 122. The monoisotopic (exact) mass is 2000 g/mol. The largest absolute Gasteiger partial charge is 0.640 e. The van der Waals surface area contributed by atoms with Crippen molar-refractivity contribution >= 4 is 45.3 Å². The maximum absolute atomic E-state index is 5.69. The molecule has 2 aliphatic rings. The molecule has 0 amide bonds. The van der Waals surface area contributed by atoms with Crippen LogP contribution in [-0.4, -0.2) is 19.1 Å². The van der Waals surface area contributed by atoms with Gasteiger partial charge in [0, 0.05) is 115 Å². The van der Waals surface area contributed by atoms with Crippen LogP contribution >= 0.6 is 23.3 Å². The van der Waals surface area contributed by atoms with Crippen LogP contribution in [0.3, 0.4) is 0 Å². The molecule has 4 heterocycles. The van der Waals surface area contributed by atoms with E-state index in [4.69, 9.17) is 4.74 Å². The molecule has 4 radical (unpaired) electrons. The van der Waals surface area contributed by atoms with Gasteiger partial charge in [0.25, 0.3) is 0 Å². The summed E-state index contributed by atoms with van der Waals surface area (Å²) in [5.41, 5.74) is 19.3. The Hall–Kier alpha value is -8.76. The second-order valence-corrected chi connectivity index (χ2v) is 23.2. The standard InChI is InChI=1S/C21H16N3.C21H15NO.C21H15NS.C21H14NS.4Ir/c1-24-21(22-20(23-24)18-10-6-3-7-11-18)19-14-12-17(13-15-19)16-8-4-2-5-9-16;2*1-3-7-17(8-4-1)18-11-13-19(14-12-18)21-15-22(16-23-21)20-9-5-2-6-10-20;1-3-7-16(8-4-1)17-11-13-19(14-12-17)21-15-20(22-23-21)18-9-5-2-6-10-18;;;;/h2-10,12-15H,1H3;2*1-9,11-16H;1-9,11-15H;;;;/q-1;2*-2;-1;;;;. The Bertz CT molecular complexity index is 4550. The Kier molecular flexibility index (Phi) is 27.3. The predicted molar refractivity (Wildman–Crippen MR) is 386 cm³/mol. The SMILES string of the molecule is Cn1nc(-c2[c-]cccc2)nc1-c1ccc(-c2ccccc2)cc1.[Ir].[Ir].[Ir].[Ir].[c-]1ccccc1-c1cc(-c2ccc(-c3ccccc3)cc2)sn1.[c-]1ccccc1N1C=C(c2ccc(-c3ccccc3)cc2)O[CH-]1.[c-]1ccccc1N1C=C(c2ccc(-c3ccccc3)cc2)S[CH-]1. The summed E-state index contributed by atoms with van der Waals surface area (Å²) in [6.45, 7) is 1.70. The molecule has 0 N–H and O–H groups in total. The summed E-state index contributed by atoms with van der Waals surface area (Å²) in [6.07, 6.45) is 4.14. The number of para-hydroxylation sites is 2. The number of benzene rings is 12. The Morgan fingerprint density at radius 2 is 0.763 bits per heavy atom. The van der Waals surface area contributed by atoms with Crippen molar-refractivity contribution in [2.75, 3.05) is 9.80 Å². The maximum Gasteiger partial charge on any atom is 0.147 e. The number of rotatable bonds is 12. The van der Waals surface area contributed by atoms with Crippen LogP contribution in [0.5, 0.6) is 0 Å². The van der Waals surface area contributed by atoms with Gasteiger partial charge in [-0.2, -0.15) is 66.5 Å². The summed E-state index contributed by atoms with van der Waals surface area (Å²) in [7, 11) is 1.92. The van der Waals surface area contributed by atoms with E-state index in [1.807, 2.05) is 138 Å². The Morgan fingerprint density at radius 1 is 0.371 bits per heavy atom. The topological polar surface area (TPSA) is 59.3 Å². The number of nitrogens with zero attached hydrogens (tertiary/aromatic N) is 6. The summed E-state index contributed by atoms with van der Waals surface area (Å²) in [4.78, 5) is 11.1. The van der Waals surface area contributed by atoms with Gasteiger partial charge in [-0.05, 0) is 78.3 Å². The predicted octanol–water partition coefficient (Wildman–Crippen LogP) is 21.5. The van der Waals surface area contributed by atoms with E-state index >= 15 is 0 Å². The first kappa shape index (κ1) is 72.5. The molecule has 16 rings (SSSR count). The van der Waals surface area contributed by atoms with Gasteiger partial charge in [-0.25, -0.2) is 9.47 Å². The molecule has 97 heavy (non-hydrogen) atoms. The van der Waals surface area contributed by atoms with Crippen LogP contribution in [0.2, 0.25) is 0 Å². The van der Waals surface area contributed by atoms with E-state index in [2.05, 4.69) is 262 Å². The molecule has 0 unspecified atom stereocenters. The molecule has 13 heteroatoms. The molecule has 14 aromatic rings. The van der Waals surface area contributed by atoms with Gasteiger partial charge in [-0.15, -0.1) is 83.2 Å². The van der Waals surface area contributed by atoms with Crippen molar-refractivity contribution in [3.63, 3.8) is 0 Å². The van der Waals surface area contributed by atoms with Crippen LogP contribution in [0.4, 0.5) is 11.4 Å². The van der Waals surface area contributed by atoms with Crippen molar-refractivity contribution < 1.29 is 85.2 Å². The van der Waals surface area contributed by atoms with Gasteiger partial charge < -0.3 is 14.5 Å². The summed E-state index contributed by atoms with van der Waals surface area (Å²) < 4.78 is 12.1. The molecule has 0 aliphatic carbocycles. The molecule has 0 bridgehead atoms. The van der Waals surface area contributed by atoms with Crippen LogP contribution < -0.4 is 9.80 Å². The molecule has 7 nitrogen and oxygen atoms in total. The summed E-state index contributed by atoms with van der Waals surface area (Å²) in [5.74, 6) is 4.50. The van der Waals surface area contributed by atoms with Crippen molar-refractivity contribution in [2.45, 2.75) is 0 Å².